The van der Waals surface area contributed by atoms with Crippen molar-refractivity contribution in [2.75, 3.05) is 43.1 Å². The van der Waals surface area contributed by atoms with Crippen molar-refractivity contribution in [3.63, 3.8) is 0 Å². The Kier molecular flexibility index (Phi) is 6.62. The summed E-state index contributed by atoms with van der Waals surface area (Å²) >= 11 is 0. The molecule has 0 aromatic carbocycles. The van der Waals surface area contributed by atoms with Crippen LogP contribution in [-0.2, 0) is 9.53 Å². The molecule has 6 nitrogen and oxygen atoms in total. The Morgan fingerprint density at radius 2 is 2.17 bits per heavy atom. The van der Waals surface area contributed by atoms with E-state index in [4.69, 9.17) is 4.74 Å². The Hall–Kier alpha value is -1.37. The zero-order valence-electron chi connectivity index (χ0n) is 13.5. The topological polar surface area (TPSA) is 66.5 Å². The number of nitrogens with zero attached hydrogens (tertiary/aromatic N) is 2. The molecule has 0 spiro atoms. The van der Waals surface area contributed by atoms with Crippen LogP contribution in [0, 0.1) is 5.92 Å². The van der Waals surface area contributed by atoms with Crippen LogP contribution in [0.3, 0.4) is 0 Å². The molecule has 3 rings (SSSR count). The number of amides is 1. The lowest BCUT2D eigenvalue weighted by Crippen LogP contribution is -2.45. The highest BCUT2D eigenvalue weighted by atomic mass is 35.5. The molecule has 128 valence electrons. The van der Waals surface area contributed by atoms with E-state index in [2.05, 4.69) is 27.4 Å². The van der Waals surface area contributed by atoms with E-state index >= 15 is 0 Å². The van der Waals surface area contributed by atoms with Crippen LogP contribution >= 0.6 is 12.4 Å². The summed E-state index contributed by atoms with van der Waals surface area (Å²) < 4.78 is 5.34. The first-order valence-corrected chi connectivity index (χ1v) is 8.05. The Morgan fingerprint density at radius 1 is 1.39 bits per heavy atom. The van der Waals surface area contributed by atoms with Crippen LogP contribution in [-0.4, -0.2) is 49.8 Å². The molecule has 23 heavy (non-hydrogen) atoms. The summed E-state index contributed by atoms with van der Waals surface area (Å²) in [6.45, 7) is 6.32. The smallest absolute Gasteiger partial charge is 0.241 e. The molecule has 0 aliphatic carbocycles. The number of piperidine rings is 1. The second-order valence-corrected chi connectivity index (χ2v) is 6.13. The Balaban J connectivity index is 0.00000192. The van der Waals surface area contributed by atoms with E-state index in [9.17, 15) is 4.79 Å². The number of pyridine rings is 1. The second-order valence-electron chi connectivity index (χ2n) is 6.13. The number of aromatic nitrogens is 1. The molecule has 7 heteroatoms. The maximum absolute atomic E-state index is 12.3. The first-order chi connectivity index (χ1) is 10.7. The van der Waals surface area contributed by atoms with E-state index in [0.29, 0.717) is 5.92 Å². The molecule has 2 saturated heterocycles. The van der Waals surface area contributed by atoms with Gasteiger partial charge in [-0.1, -0.05) is 6.92 Å². The highest BCUT2D eigenvalue weighted by Crippen LogP contribution is 2.18. The van der Waals surface area contributed by atoms with Gasteiger partial charge in [0.25, 0.3) is 0 Å². The summed E-state index contributed by atoms with van der Waals surface area (Å²) in [5.74, 6) is 1.57. The second kappa shape index (κ2) is 8.47. The highest BCUT2D eigenvalue weighted by molar-refractivity contribution is 5.94. The van der Waals surface area contributed by atoms with Crippen molar-refractivity contribution in [2.24, 2.45) is 5.92 Å². The van der Waals surface area contributed by atoms with Gasteiger partial charge in [0.2, 0.25) is 5.91 Å². The molecule has 0 saturated carbocycles. The van der Waals surface area contributed by atoms with Gasteiger partial charge in [0.15, 0.2) is 0 Å². The fourth-order valence-electron chi connectivity index (χ4n) is 2.98. The molecule has 1 amide bonds. The Morgan fingerprint density at radius 3 is 2.83 bits per heavy atom. The number of rotatable bonds is 3. The third-order valence-electron chi connectivity index (χ3n) is 4.33. The molecule has 2 aliphatic heterocycles. The van der Waals surface area contributed by atoms with Crippen LogP contribution < -0.4 is 15.5 Å². The third kappa shape index (κ3) is 4.80. The van der Waals surface area contributed by atoms with Crippen LogP contribution in [0.15, 0.2) is 18.3 Å². The van der Waals surface area contributed by atoms with Crippen molar-refractivity contribution in [3.8, 4) is 0 Å². The van der Waals surface area contributed by atoms with Crippen molar-refractivity contribution >= 4 is 29.8 Å². The number of carbonyl (C=O) groups is 1. The summed E-state index contributed by atoms with van der Waals surface area (Å²) in [6.07, 6.45) is 3.76. The molecule has 0 radical (unpaired) electrons. The van der Waals surface area contributed by atoms with E-state index in [-0.39, 0.29) is 24.4 Å². The van der Waals surface area contributed by atoms with Crippen molar-refractivity contribution in [1.29, 1.82) is 0 Å². The summed E-state index contributed by atoms with van der Waals surface area (Å²) in [6, 6.07) is 3.78. The summed E-state index contributed by atoms with van der Waals surface area (Å²) in [7, 11) is 0. The van der Waals surface area contributed by atoms with Crippen LogP contribution in [0.25, 0.3) is 0 Å². The van der Waals surface area contributed by atoms with Gasteiger partial charge in [-0.05, 0) is 37.4 Å². The zero-order valence-corrected chi connectivity index (χ0v) is 14.3. The van der Waals surface area contributed by atoms with Gasteiger partial charge < -0.3 is 20.3 Å². The van der Waals surface area contributed by atoms with Gasteiger partial charge in [-0.2, -0.15) is 0 Å². The highest BCUT2D eigenvalue weighted by Gasteiger charge is 2.24. The molecular weight excluding hydrogens is 316 g/mol. The van der Waals surface area contributed by atoms with Crippen LogP contribution in [0.5, 0.6) is 0 Å². The minimum atomic E-state index is -0.0948. The normalized spacial score (nSPS) is 24.7. The molecule has 2 aliphatic rings. The van der Waals surface area contributed by atoms with E-state index in [0.717, 1.165) is 57.2 Å². The minimum Gasteiger partial charge on any atom is -0.378 e. The standard InChI is InChI=1S/C16H24N4O2.ClH/c1-12-4-5-17-14(10-12)16(21)19-13-2-3-15(18-11-13)20-6-8-22-9-7-20;/h2-3,11-12,14,17H,4-10H2,1H3,(H,19,21);1H. The first-order valence-electron chi connectivity index (χ1n) is 8.05. The lowest BCUT2D eigenvalue weighted by atomic mass is 9.94. The average molecular weight is 341 g/mol. The lowest BCUT2D eigenvalue weighted by molar-refractivity contribution is -0.119. The van der Waals surface area contributed by atoms with Crippen molar-refractivity contribution < 1.29 is 9.53 Å². The first kappa shape index (κ1) is 18.0. The van der Waals surface area contributed by atoms with Crippen molar-refractivity contribution in [2.45, 2.75) is 25.8 Å². The maximum atomic E-state index is 12.3. The number of hydrogen-bond donors (Lipinski definition) is 2. The van der Waals surface area contributed by atoms with Crippen molar-refractivity contribution in [3.05, 3.63) is 18.3 Å². The largest absolute Gasteiger partial charge is 0.378 e. The molecule has 2 atom stereocenters. The number of morpholine rings is 1. The maximum Gasteiger partial charge on any atom is 0.241 e. The van der Waals surface area contributed by atoms with E-state index in [1.807, 2.05) is 12.1 Å². The Bertz CT molecular complexity index is 505. The van der Waals surface area contributed by atoms with Gasteiger partial charge in [-0.3, -0.25) is 4.79 Å². The summed E-state index contributed by atoms with van der Waals surface area (Å²) in [5.41, 5.74) is 0.752. The van der Waals surface area contributed by atoms with Crippen LogP contribution in [0.2, 0.25) is 0 Å². The molecule has 2 unspecified atom stereocenters. The number of halogens is 1. The van der Waals surface area contributed by atoms with Crippen LogP contribution in [0.1, 0.15) is 19.8 Å². The van der Waals surface area contributed by atoms with Gasteiger partial charge in [0, 0.05) is 13.1 Å². The van der Waals surface area contributed by atoms with E-state index in [1.165, 1.54) is 0 Å². The van der Waals surface area contributed by atoms with Gasteiger partial charge in [0.05, 0.1) is 31.1 Å². The zero-order chi connectivity index (χ0) is 15.4. The van der Waals surface area contributed by atoms with E-state index < -0.39 is 0 Å². The predicted molar refractivity (Wildman–Crippen MR) is 93.3 cm³/mol. The fraction of sp³-hybridized carbons (Fsp3) is 0.625. The van der Waals surface area contributed by atoms with Gasteiger partial charge in [0.1, 0.15) is 5.82 Å². The third-order valence-corrected chi connectivity index (χ3v) is 4.33. The molecule has 2 N–H and O–H groups in total. The van der Waals surface area contributed by atoms with Crippen molar-refractivity contribution in [1.82, 2.24) is 10.3 Å². The predicted octanol–water partition coefficient (Wildman–Crippen LogP) is 1.67. The van der Waals surface area contributed by atoms with Crippen LogP contribution in [0.4, 0.5) is 11.5 Å². The lowest BCUT2D eigenvalue weighted by Gasteiger charge is -2.28. The monoisotopic (exact) mass is 340 g/mol. The number of anilines is 2. The molecule has 3 heterocycles. The Labute approximate surface area is 143 Å². The number of carbonyl (C=O) groups excluding carboxylic acids is 1. The fourth-order valence-corrected chi connectivity index (χ4v) is 2.98. The number of hydrogen-bond acceptors (Lipinski definition) is 5. The molecule has 1 aromatic heterocycles. The SMILES string of the molecule is CC1CCNC(C(=O)Nc2ccc(N3CCOCC3)nc2)C1.Cl. The minimum absolute atomic E-state index is 0. The van der Waals surface area contributed by atoms with Gasteiger partial charge in [-0.15, -0.1) is 12.4 Å². The van der Waals surface area contributed by atoms with Gasteiger partial charge in [-0.25, -0.2) is 4.98 Å². The molecule has 2 fully saturated rings. The summed E-state index contributed by atoms with van der Waals surface area (Å²) in [5, 5.41) is 6.23. The molecular formula is C16H25ClN4O2. The molecule has 1 aromatic rings. The number of ether oxygens (including phenoxy) is 1. The average Bonchev–Trinajstić information content (AvgIpc) is 2.56. The quantitative estimate of drug-likeness (QED) is 0.876. The summed E-state index contributed by atoms with van der Waals surface area (Å²) in [4.78, 5) is 18.9. The number of nitrogens with one attached hydrogen (secondary N) is 2. The molecule has 0 bridgehead atoms. The van der Waals surface area contributed by atoms with E-state index in [1.54, 1.807) is 6.20 Å². The van der Waals surface area contributed by atoms with Gasteiger partial charge >= 0.3 is 0 Å².